The predicted octanol–water partition coefficient (Wildman–Crippen LogP) is 7.33. The van der Waals surface area contributed by atoms with E-state index >= 15 is 0 Å². The van der Waals surface area contributed by atoms with Gasteiger partial charge in [0, 0.05) is 47.1 Å². The van der Waals surface area contributed by atoms with Gasteiger partial charge in [0.05, 0.1) is 34.4 Å². The molecule has 0 amide bonds. The van der Waals surface area contributed by atoms with Gasteiger partial charge in [0.25, 0.3) is 0 Å². The first-order valence-corrected chi connectivity index (χ1v) is 15.2. The van der Waals surface area contributed by atoms with Crippen molar-refractivity contribution in [3.8, 4) is 17.0 Å². The number of aryl methyl sites for hydroxylation is 1. The Morgan fingerprint density at radius 1 is 1.12 bits per heavy atom. The number of carbonyl (C=O) groups is 1. The quantitative estimate of drug-likeness (QED) is 0.113. The maximum Gasteiger partial charge on any atom is 0.338 e. The molecule has 1 aliphatic rings. The van der Waals surface area contributed by atoms with Gasteiger partial charge in [0.1, 0.15) is 29.3 Å². The number of aromatic nitrogens is 3. The van der Waals surface area contributed by atoms with Crippen LogP contribution in [0.2, 0.25) is 10.0 Å². The zero-order valence-corrected chi connectivity index (χ0v) is 26.0. The first kappa shape index (κ1) is 31.2. The number of aliphatic hydroxyl groups is 1. The average Bonchev–Trinajstić information content (AvgIpc) is 3.73. The summed E-state index contributed by atoms with van der Waals surface area (Å²) in [7, 11) is 0. The van der Waals surface area contributed by atoms with Gasteiger partial charge in [0.15, 0.2) is 0 Å². The summed E-state index contributed by atoms with van der Waals surface area (Å²) in [5.41, 5.74) is 2.91. The van der Waals surface area contributed by atoms with E-state index in [9.17, 15) is 9.90 Å². The lowest BCUT2D eigenvalue weighted by Gasteiger charge is -2.19. The maximum absolute atomic E-state index is 12.6. The number of rotatable bonds is 14. The minimum Gasteiger partial charge on any atom is -0.488 e. The second-order valence-electron chi connectivity index (χ2n) is 11.3. The second kappa shape index (κ2) is 13.6. The molecule has 0 aliphatic heterocycles. The lowest BCUT2D eigenvalue weighted by molar-refractivity contribution is 0.0289. The topological polar surface area (TPSA) is 117 Å². The summed E-state index contributed by atoms with van der Waals surface area (Å²) in [4.78, 5) is 21.4. The molecule has 1 aliphatic carbocycles. The zero-order chi connectivity index (χ0) is 30.6. The van der Waals surface area contributed by atoms with Gasteiger partial charge in [0.2, 0.25) is 0 Å². The van der Waals surface area contributed by atoms with Crippen molar-refractivity contribution in [2.75, 3.05) is 19.8 Å². The summed E-state index contributed by atoms with van der Waals surface area (Å²) in [6.07, 6.45) is 7.56. The molecule has 0 atom stereocenters. The molecule has 3 aromatic heterocycles. The van der Waals surface area contributed by atoms with Crippen molar-refractivity contribution in [3.05, 3.63) is 69.3 Å². The number of hydrogen-bond donors (Lipinski definition) is 1. The minimum absolute atomic E-state index is 0.0834. The molecule has 0 saturated heterocycles. The van der Waals surface area contributed by atoms with Crippen LogP contribution in [-0.2, 0) is 22.5 Å². The van der Waals surface area contributed by atoms with Crippen molar-refractivity contribution < 1.29 is 28.6 Å². The first-order valence-electron chi connectivity index (χ1n) is 14.5. The Morgan fingerprint density at radius 3 is 2.58 bits per heavy atom. The van der Waals surface area contributed by atoms with Gasteiger partial charge in [-0.25, -0.2) is 9.78 Å². The third-order valence-electron chi connectivity index (χ3n) is 7.03. The molecule has 0 spiro atoms. The fourth-order valence-corrected chi connectivity index (χ4v) is 5.32. The number of ether oxygens (including phenoxy) is 3. The standard InChI is InChI=1S/C32H35Cl2N3O6/c1-4-41-31(38)22-12-13-26(42-18-32(2,3)39)28-21(22)11-10-20(36-28)7-5-6-14-40-17-23-29(37-43-30(23)19-8-9-19)27-24(33)15-35-16-25(27)34/h10-13,15-16,19,39H,4-9,14,17-18H2,1-3H3. The van der Waals surface area contributed by atoms with Gasteiger partial charge >= 0.3 is 5.97 Å². The summed E-state index contributed by atoms with van der Waals surface area (Å²) in [6.45, 7) is 6.34. The Kier molecular flexibility index (Phi) is 9.86. The zero-order valence-electron chi connectivity index (χ0n) is 24.5. The number of unbranched alkanes of at least 4 members (excludes halogenated alkanes) is 1. The fourth-order valence-electron chi connectivity index (χ4n) is 4.78. The van der Waals surface area contributed by atoms with Crippen LogP contribution in [-0.4, -0.2) is 51.6 Å². The van der Waals surface area contributed by atoms with E-state index in [-0.39, 0.29) is 13.2 Å². The number of carbonyl (C=O) groups excluding carboxylic acids is 1. The van der Waals surface area contributed by atoms with Crippen LogP contribution in [0.5, 0.6) is 5.75 Å². The molecule has 1 fully saturated rings. The van der Waals surface area contributed by atoms with E-state index in [1.165, 1.54) is 0 Å². The van der Waals surface area contributed by atoms with Crippen LogP contribution in [0.25, 0.3) is 22.2 Å². The van der Waals surface area contributed by atoms with E-state index in [1.807, 2.05) is 12.1 Å². The van der Waals surface area contributed by atoms with Gasteiger partial charge < -0.3 is 23.8 Å². The van der Waals surface area contributed by atoms with Crippen molar-refractivity contribution in [2.24, 2.45) is 0 Å². The van der Waals surface area contributed by atoms with Gasteiger partial charge in [-0.2, -0.15) is 0 Å². The summed E-state index contributed by atoms with van der Waals surface area (Å²) in [5, 5.41) is 15.9. The Balaban J connectivity index is 1.23. The lowest BCUT2D eigenvalue weighted by Crippen LogP contribution is -2.28. The van der Waals surface area contributed by atoms with E-state index < -0.39 is 11.6 Å². The molecule has 1 saturated carbocycles. The van der Waals surface area contributed by atoms with Crippen molar-refractivity contribution in [1.29, 1.82) is 0 Å². The molecule has 1 aromatic carbocycles. The Labute approximate surface area is 260 Å². The summed E-state index contributed by atoms with van der Waals surface area (Å²) < 4.78 is 22.9. The van der Waals surface area contributed by atoms with Crippen LogP contribution in [0.4, 0.5) is 0 Å². The van der Waals surface area contributed by atoms with E-state index in [4.69, 9.17) is 46.9 Å². The molecule has 0 radical (unpaired) electrons. The van der Waals surface area contributed by atoms with Gasteiger partial charge in [-0.15, -0.1) is 0 Å². The molecule has 11 heteroatoms. The highest BCUT2D eigenvalue weighted by molar-refractivity contribution is 6.38. The van der Waals surface area contributed by atoms with Gasteiger partial charge in [-0.1, -0.05) is 28.4 Å². The van der Waals surface area contributed by atoms with Crippen molar-refractivity contribution in [2.45, 2.75) is 71.0 Å². The second-order valence-corrected chi connectivity index (χ2v) is 12.1. The molecule has 228 valence electrons. The van der Waals surface area contributed by atoms with Crippen LogP contribution >= 0.6 is 23.2 Å². The van der Waals surface area contributed by atoms with Crippen LogP contribution in [0, 0.1) is 0 Å². The van der Waals surface area contributed by atoms with E-state index in [0.29, 0.717) is 69.1 Å². The molecule has 0 unspecified atom stereocenters. The Bertz CT molecular complexity index is 1580. The monoisotopic (exact) mass is 627 g/mol. The third kappa shape index (κ3) is 7.65. The number of fused-ring (bicyclic) bond motifs is 1. The highest BCUT2D eigenvalue weighted by Gasteiger charge is 2.33. The Hall–Kier alpha value is -3.24. The normalized spacial score (nSPS) is 13.4. The van der Waals surface area contributed by atoms with Crippen molar-refractivity contribution >= 4 is 40.1 Å². The Morgan fingerprint density at radius 2 is 1.88 bits per heavy atom. The van der Waals surface area contributed by atoms with Crippen LogP contribution < -0.4 is 4.74 Å². The molecular formula is C32H35Cl2N3O6. The van der Waals surface area contributed by atoms with Crippen molar-refractivity contribution in [1.82, 2.24) is 15.1 Å². The minimum atomic E-state index is -1.02. The smallest absolute Gasteiger partial charge is 0.338 e. The maximum atomic E-state index is 12.6. The summed E-state index contributed by atoms with van der Waals surface area (Å²) >= 11 is 12.8. The number of pyridine rings is 2. The molecule has 1 N–H and O–H groups in total. The van der Waals surface area contributed by atoms with Crippen LogP contribution in [0.15, 0.2) is 41.2 Å². The van der Waals surface area contributed by atoms with Gasteiger partial charge in [-0.05, 0) is 77.1 Å². The molecule has 43 heavy (non-hydrogen) atoms. The van der Waals surface area contributed by atoms with E-state index in [0.717, 1.165) is 42.7 Å². The molecular weight excluding hydrogens is 593 g/mol. The fraction of sp³-hybridized carbons (Fsp3) is 0.438. The molecule has 3 heterocycles. The average molecular weight is 629 g/mol. The van der Waals surface area contributed by atoms with E-state index in [2.05, 4.69) is 10.1 Å². The summed E-state index contributed by atoms with van der Waals surface area (Å²) in [5.74, 6) is 1.27. The van der Waals surface area contributed by atoms with Crippen LogP contribution in [0.1, 0.15) is 79.7 Å². The summed E-state index contributed by atoms with van der Waals surface area (Å²) in [6, 6.07) is 7.16. The number of halogens is 2. The number of nitrogens with zero attached hydrogens (tertiary/aromatic N) is 3. The number of esters is 1. The van der Waals surface area contributed by atoms with Crippen molar-refractivity contribution in [3.63, 3.8) is 0 Å². The first-order chi connectivity index (χ1) is 20.7. The predicted molar refractivity (Wildman–Crippen MR) is 164 cm³/mol. The largest absolute Gasteiger partial charge is 0.488 e. The van der Waals surface area contributed by atoms with E-state index in [1.54, 1.807) is 45.3 Å². The number of benzene rings is 1. The lowest BCUT2D eigenvalue weighted by atomic mass is 10.1. The van der Waals surface area contributed by atoms with Crippen LogP contribution in [0.3, 0.4) is 0 Å². The highest BCUT2D eigenvalue weighted by atomic mass is 35.5. The number of hydrogen-bond acceptors (Lipinski definition) is 9. The molecule has 5 rings (SSSR count). The van der Waals surface area contributed by atoms with Gasteiger partial charge in [-0.3, -0.25) is 4.98 Å². The SMILES string of the molecule is CCOC(=O)c1ccc(OCC(C)(C)O)c2nc(CCCCOCc3c(-c4c(Cl)cncc4Cl)noc3C3CC3)ccc12. The third-order valence-corrected chi connectivity index (χ3v) is 7.60. The highest BCUT2D eigenvalue weighted by Crippen LogP contribution is 2.46. The molecule has 9 nitrogen and oxygen atoms in total. The molecule has 0 bridgehead atoms. The molecule has 4 aromatic rings.